The Morgan fingerprint density at radius 2 is 1.86 bits per heavy atom. The number of hydrogen-bond acceptors (Lipinski definition) is 13. The number of anilines is 1. The van der Waals surface area contributed by atoms with Gasteiger partial charge in [0.2, 0.25) is 5.95 Å². The number of nitrogens with two attached hydrogens (primary N) is 1. The van der Waals surface area contributed by atoms with Crippen molar-refractivity contribution in [3.63, 3.8) is 0 Å². The van der Waals surface area contributed by atoms with Gasteiger partial charge in [-0.2, -0.15) is 10.1 Å². The highest BCUT2D eigenvalue weighted by atomic mass is 127. The molecule has 6 rings (SSSR count). The van der Waals surface area contributed by atoms with Gasteiger partial charge in [0, 0.05) is 28.0 Å². The summed E-state index contributed by atoms with van der Waals surface area (Å²) in [7, 11) is -4.40. The van der Waals surface area contributed by atoms with E-state index in [0.29, 0.717) is 25.4 Å². The van der Waals surface area contributed by atoms with Gasteiger partial charge in [-0.05, 0) is 37.1 Å². The number of esters is 1. The van der Waals surface area contributed by atoms with Gasteiger partial charge in [0.1, 0.15) is 46.7 Å². The molecule has 1 aliphatic rings. The van der Waals surface area contributed by atoms with Gasteiger partial charge in [0.05, 0.1) is 6.61 Å². The Labute approximate surface area is 299 Å². The molecule has 2 aromatic heterocycles. The Balaban J connectivity index is 1.25. The van der Waals surface area contributed by atoms with Crippen LogP contribution in [0.25, 0.3) is 21.9 Å². The van der Waals surface area contributed by atoms with Crippen molar-refractivity contribution < 1.29 is 38.1 Å². The number of imidazole rings is 1. The molecule has 49 heavy (non-hydrogen) atoms. The van der Waals surface area contributed by atoms with Gasteiger partial charge in [0.15, 0.2) is 15.7 Å². The molecule has 5 N–H and O–H groups in total. The maximum atomic E-state index is 14.5. The van der Waals surface area contributed by atoms with Crippen LogP contribution in [0.15, 0.2) is 77.8 Å². The Bertz CT molecular complexity index is 2030. The summed E-state index contributed by atoms with van der Waals surface area (Å²) in [5.41, 5.74) is 5.61. The van der Waals surface area contributed by atoms with E-state index >= 15 is 0 Å². The molecular weight excluding hydrogens is 786 g/mol. The van der Waals surface area contributed by atoms with Crippen LogP contribution in [0.4, 0.5) is 5.95 Å². The second-order valence-corrected chi connectivity index (χ2v) is 15.0. The molecule has 0 saturated carbocycles. The molecule has 0 bridgehead atoms. The summed E-state index contributed by atoms with van der Waals surface area (Å²) in [4.78, 5) is 26.1. The SMILES string of the molecule is CSc1nc(N)nc2c1nc(I)n2[C@@H]1O[C@H](COP(=O)(N[C@@H](C)C(=O)OCc2ccccc2)Oc2cccc3ccccc23)[C@@H](O)[C@@]1(C)O. The predicted octanol–water partition coefficient (Wildman–Crippen LogP) is 4.82. The normalized spacial score (nSPS) is 22.6. The quantitative estimate of drug-likeness (QED) is 0.0334. The third-order valence-electron chi connectivity index (χ3n) is 7.97. The van der Waals surface area contributed by atoms with Crippen LogP contribution in [0, 0.1) is 3.83 Å². The number of fused-ring (bicyclic) bond motifs is 2. The number of aliphatic hydroxyl groups excluding tert-OH is 1. The lowest BCUT2D eigenvalue weighted by atomic mass is 9.96. The number of nitrogens with one attached hydrogen (secondary N) is 1. The van der Waals surface area contributed by atoms with E-state index in [0.717, 1.165) is 10.9 Å². The first kappa shape index (κ1) is 35.5. The zero-order chi connectivity index (χ0) is 34.9. The zero-order valence-electron chi connectivity index (χ0n) is 26.6. The third kappa shape index (κ3) is 7.42. The van der Waals surface area contributed by atoms with Crippen LogP contribution >= 0.6 is 42.1 Å². The molecule has 1 unspecified atom stereocenters. The first-order valence-electron chi connectivity index (χ1n) is 15.1. The molecule has 258 valence electrons. The molecule has 17 heteroatoms. The van der Waals surface area contributed by atoms with Crippen LogP contribution in [0.1, 0.15) is 25.6 Å². The summed E-state index contributed by atoms with van der Waals surface area (Å²) in [5.74, 6) is -0.457. The fraction of sp³-hybridized carbons (Fsp3) is 0.312. The lowest BCUT2D eigenvalue weighted by Crippen LogP contribution is -2.45. The average Bonchev–Trinajstić information content (AvgIpc) is 3.52. The maximum Gasteiger partial charge on any atom is 0.459 e. The smallest absolute Gasteiger partial charge is 0.459 e. The van der Waals surface area contributed by atoms with Gasteiger partial charge < -0.3 is 29.9 Å². The molecule has 1 fully saturated rings. The maximum absolute atomic E-state index is 14.5. The number of benzene rings is 3. The Morgan fingerprint density at radius 1 is 1.14 bits per heavy atom. The number of hydrogen-bond donors (Lipinski definition) is 4. The van der Waals surface area contributed by atoms with Crippen LogP contribution in [0.3, 0.4) is 0 Å². The predicted molar refractivity (Wildman–Crippen MR) is 192 cm³/mol. The van der Waals surface area contributed by atoms with Crippen molar-refractivity contribution >= 4 is 76.0 Å². The molecule has 0 radical (unpaired) electrons. The van der Waals surface area contributed by atoms with Gasteiger partial charge >= 0.3 is 13.7 Å². The molecule has 6 atom stereocenters. The molecule has 0 amide bonds. The van der Waals surface area contributed by atoms with E-state index in [4.69, 9.17) is 24.3 Å². The number of ether oxygens (including phenoxy) is 2. The molecule has 1 saturated heterocycles. The number of halogens is 1. The summed E-state index contributed by atoms with van der Waals surface area (Å²) in [6.07, 6.45) is -2.11. The van der Waals surface area contributed by atoms with E-state index in [2.05, 4.69) is 20.0 Å². The van der Waals surface area contributed by atoms with Crippen molar-refractivity contribution in [1.29, 1.82) is 0 Å². The monoisotopic (exact) mass is 820 g/mol. The summed E-state index contributed by atoms with van der Waals surface area (Å²) in [5, 5.41) is 27.6. The van der Waals surface area contributed by atoms with Crippen molar-refractivity contribution in [3.8, 4) is 5.75 Å². The van der Waals surface area contributed by atoms with Gasteiger partial charge in [-0.15, -0.1) is 11.8 Å². The van der Waals surface area contributed by atoms with Crippen molar-refractivity contribution in [1.82, 2.24) is 24.6 Å². The number of carbonyl (C=O) groups excluding carboxylic acids is 1. The molecule has 14 nitrogen and oxygen atoms in total. The van der Waals surface area contributed by atoms with Crippen LogP contribution < -0.4 is 15.3 Å². The van der Waals surface area contributed by atoms with Crippen LogP contribution in [0.2, 0.25) is 0 Å². The van der Waals surface area contributed by atoms with Crippen LogP contribution in [0.5, 0.6) is 5.75 Å². The van der Waals surface area contributed by atoms with Crippen molar-refractivity contribution in [2.75, 3.05) is 18.6 Å². The number of nitrogens with zero attached hydrogens (tertiary/aromatic N) is 4. The number of aliphatic hydroxyl groups is 2. The Morgan fingerprint density at radius 3 is 2.61 bits per heavy atom. The summed E-state index contributed by atoms with van der Waals surface area (Å²) >= 11 is 3.30. The standard InChI is InChI=1S/C32H34IN6O8PS/c1-18(28(41)44-16-19-10-5-4-6-11-19)38-48(43,47-22-15-9-13-20-12-7-8-14-21(20)22)45-17-23-25(40)32(2,42)29(46-23)39-26-24(35-30(39)33)27(49-3)37-31(34)36-26/h4-15,18,23,25,29,40,42H,16-17H2,1-3H3,(H,38,43)(H2,34,36,37)/t18-,23+,25+,29+,32+,48?/m0/s1. The summed E-state index contributed by atoms with van der Waals surface area (Å²) in [6.45, 7) is 2.38. The minimum Gasteiger partial charge on any atom is -0.460 e. The molecule has 3 aromatic carbocycles. The van der Waals surface area contributed by atoms with E-state index in [9.17, 15) is 19.6 Å². The number of carbonyl (C=O) groups is 1. The number of rotatable bonds is 12. The fourth-order valence-electron chi connectivity index (χ4n) is 5.45. The third-order valence-corrected chi connectivity index (χ3v) is 11.0. The van der Waals surface area contributed by atoms with E-state index in [1.54, 1.807) is 18.2 Å². The lowest BCUT2D eigenvalue weighted by molar-refractivity contribution is -0.146. The lowest BCUT2D eigenvalue weighted by Gasteiger charge is -2.28. The van der Waals surface area contributed by atoms with Gasteiger partial charge in [-0.1, -0.05) is 66.7 Å². The van der Waals surface area contributed by atoms with Crippen molar-refractivity contribution in [2.24, 2.45) is 0 Å². The van der Waals surface area contributed by atoms with E-state index in [1.807, 2.05) is 83.4 Å². The van der Waals surface area contributed by atoms with Crippen molar-refractivity contribution in [3.05, 3.63) is 82.2 Å². The zero-order valence-corrected chi connectivity index (χ0v) is 30.5. The number of aromatic nitrogens is 4. The number of thioether (sulfide) groups is 1. The summed E-state index contributed by atoms with van der Waals surface area (Å²) < 4.78 is 39.9. The fourth-order valence-corrected chi connectivity index (χ4v) is 8.21. The molecular formula is C32H34IN6O8PS. The van der Waals surface area contributed by atoms with Crippen LogP contribution in [-0.4, -0.2) is 72.4 Å². The molecule has 0 spiro atoms. The highest BCUT2D eigenvalue weighted by molar-refractivity contribution is 14.1. The first-order chi connectivity index (χ1) is 23.4. The molecule has 3 heterocycles. The van der Waals surface area contributed by atoms with Gasteiger partial charge in [0.25, 0.3) is 0 Å². The van der Waals surface area contributed by atoms with Gasteiger partial charge in [-0.3, -0.25) is 13.9 Å². The highest BCUT2D eigenvalue weighted by Crippen LogP contribution is 2.49. The topological polar surface area (TPSA) is 193 Å². The first-order valence-corrected chi connectivity index (χ1v) is 19.0. The minimum atomic E-state index is -4.40. The molecule has 1 aliphatic heterocycles. The van der Waals surface area contributed by atoms with Gasteiger partial charge in [-0.25, -0.2) is 14.5 Å². The second kappa shape index (κ2) is 14.5. The van der Waals surface area contributed by atoms with E-state index in [1.165, 1.54) is 30.2 Å². The second-order valence-electron chi connectivity index (χ2n) is 11.5. The largest absolute Gasteiger partial charge is 0.460 e. The minimum absolute atomic E-state index is 0.00137. The Kier molecular flexibility index (Phi) is 10.5. The molecule has 0 aliphatic carbocycles. The summed E-state index contributed by atoms with van der Waals surface area (Å²) in [6, 6.07) is 20.6. The van der Waals surface area contributed by atoms with Crippen molar-refractivity contribution in [2.45, 2.75) is 55.6 Å². The molecule has 5 aromatic rings. The van der Waals surface area contributed by atoms with E-state index < -0.39 is 50.4 Å². The Hall–Kier alpha value is -3.35. The van der Waals surface area contributed by atoms with E-state index in [-0.39, 0.29) is 18.3 Å². The average molecular weight is 821 g/mol. The highest BCUT2D eigenvalue weighted by Gasteiger charge is 2.55. The van der Waals surface area contributed by atoms with Crippen LogP contribution in [-0.2, 0) is 30.0 Å². The number of nitrogen functional groups attached to an aromatic ring is 1.